The zero-order valence-electron chi connectivity index (χ0n) is 10.2. The molecule has 1 aliphatic carbocycles. The Balaban J connectivity index is 1.99. The molecule has 1 nitrogen and oxygen atoms in total. The summed E-state index contributed by atoms with van der Waals surface area (Å²) in [6.07, 6.45) is 6.21. The fourth-order valence-electron chi connectivity index (χ4n) is 2.41. The summed E-state index contributed by atoms with van der Waals surface area (Å²) in [5.74, 6) is 0.709. The first kappa shape index (κ1) is 13.0. The number of hydrogen-bond donors (Lipinski definition) is 1. The summed E-state index contributed by atoms with van der Waals surface area (Å²) in [6, 6.07) is 5.73. The molecule has 94 valence electrons. The van der Waals surface area contributed by atoms with E-state index >= 15 is 0 Å². The van der Waals surface area contributed by atoms with Crippen LogP contribution in [-0.4, -0.2) is 13.1 Å². The van der Waals surface area contributed by atoms with E-state index in [4.69, 9.17) is 0 Å². The van der Waals surface area contributed by atoms with Crippen LogP contribution in [0.3, 0.4) is 0 Å². The van der Waals surface area contributed by atoms with Crippen LogP contribution in [0, 0.1) is 11.7 Å². The van der Waals surface area contributed by atoms with Gasteiger partial charge in [-0.2, -0.15) is 0 Å². The highest BCUT2D eigenvalue weighted by Gasteiger charge is 2.22. The Bertz CT molecular complexity index is 376. The van der Waals surface area contributed by atoms with Crippen molar-refractivity contribution in [1.82, 2.24) is 5.32 Å². The second-order valence-electron chi connectivity index (χ2n) is 4.94. The van der Waals surface area contributed by atoms with Crippen molar-refractivity contribution in [3.8, 4) is 0 Å². The van der Waals surface area contributed by atoms with E-state index in [1.807, 2.05) is 13.1 Å². The van der Waals surface area contributed by atoms with E-state index in [0.717, 1.165) is 17.9 Å². The molecule has 1 atom stereocenters. The lowest BCUT2D eigenvalue weighted by Crippen LogP contribution is -2.32. The fraction of sp³-hybridized carbons (Fsp3) is 0.571. The van der Waals surface area contributed by atoms with Crippen molar-refractivity contribution in [1.29, 1.82) is 0 Å². The maximum atomic E-state index is 13.4. The van der Waals surface area contributed by atoms with Crippen LogP contribution in [0.15, 0.2) is 22.7 Å². The second kappa shape index (κ2) is 5.96. The normalized spacial score (nSPS) is 17.8. The van der Waals surface area contributed by atoms with Gasteiger partial charge in [-0.3, -0.25) is 0 Å². The first-order valence-electron chi connectivity index (χ1n) is 6.31. The molecular weight excluding hydrogens is 281 g/mol. The number of hydrogen-bond acceptors (Lipinski definition) is 1. The molecule has 0 bridgehead atoms. The molecule has 1 aliphatic rings. The molecule has 1 N–H and O–H groups in total. The quantitative estimate of drug-likeness (QED) is 0.869. The largest absolute Gasteiger partial charge is 0.317 e. The van der Waals surface area contributed by atoms with E-state index < -0.39 is 0 Å². The Morgan fingerprint density at radius 1 is 1.47 bits per heavy atom. The number of likely N-dealkylation sites (N-methyl/N-ethyl adjacent to an activating group) is 1. The molecule has 2 rings (SSSR count). The minimum atomic E-state index is -0.166. The topological polar surface area (TPSA) is 12.0 Å². The molecule has 17 heavy (non-hydrogen) atoms. The molecule has 0 amide bonds. The van der Waals surface area contributed by atoms with Gasteiger partial charge in [0.1, 0.15) is 5.82 Å². The highest BCUT2D eigenvalue weighted by molar-refractivity contribution is 9.10. The van der Waals surface area contributed by atoms with Crippen LogP contribution >= 0.6 is 15.9 Å². The van der Waals surface area contributed by atoms with Crippen LogP contribution in [-0.2, 0) is 6.42 Å². The number of benzene rings is 1. The summed E-state index contributed by atoms with van der Waals surface area (Å²) >= 11 is 3.33. The summed E-state index contributed by atoms with van der Waals surface area (Å²) < 4.78 is 14.0. The molecule has 1 saturated carbocycles. The molecule has 0 aromatic heterocycles. The van der Waals surface area contributed by atoms with E-state index in [2.05, 4.69) is 21.2 Å². The predicted octanol–water partition coefficient (Wildman–Crippen LogP) is 3.91. The van der Waals surface area contributed by atoms with Crippen molar-refractivity contribution in [2.24, 2.45) is 5.92 Å². The number of rotatable bonds is 5. The molecule has 0 radical (unpaired) electrons. The molecular formula is C14H19BrFN. The zero-order chi connectivity index (χ0) is 12.3. The first-order valence-corrected chi connectivity index (χ1v) is 7.10. The van der Waals surface area contributed by atoms with Gasteiger partial charge in [-0.25, -0.2) is 4.39 Å². The molecule has 0 spiro atoms. The Kier molecular flexibility index (Phi) is 4.57. The lowest BCUT2D eigenvalue weighted by atomic mass is 9.80. The molecule has 1 fully saturated rings. The van der Waals surface area contributed by atoms with Gasteiger partial charge in [0.05, 0.1) is 4.47 Å². The molecule has 0 saturated heterocycles. The SMILES string of the molecule is CNC(Cc1cccc(F)c1Br)CC1CCC1. The second-order valence-corrected chi connectivity index (χ2v) is 5.73. The summed E-state index contributed by atoms with van der Waals surface area (Å²) in [5.41, 5.74) is 1.06. The van der Waals surface area contributed by atoms with Gasteiger partial charge in [0, 0.05) is 6.04 Å². The molecule has 3 heteroatoms. The van der Waals surface area contributed by atoms with Gasteiger partial charge in [0.25, 0.3) is 0 Å². The van der Waals surface area contributed by atoms with Crippen LogP contribution in [0.5, 0.6) is 0 Å². The Hall–Kier alpha value is -0.410. The van der Waals surface area contributed by atoms with E-state index in [1.54, 1.807) is 6.07 Å². The summed E-state index contributed by atoms with van der Waals surface area (Å²) in [6.45, 7) is 0. The highest BCUT2D eigenvalue weighted by atomic mass is 79.9. The molecule has 0 heterocycles. The maximum Gasteiger partial charge on any atom is 0.137 e. The zero-order valence-corrected chi connectivity index (χ0v) is 11.8. The lowest BCUT2D eigenvalue weighted by molar-refractivity contribution is 0.263. The third-order valence-electron chi connectivity index (χ3n) is 3.75. The Morgan fingerprint density at radius 2 is 2.24 bits per heavy atom. The maximum absolute atomic E-state index is 13.4. The standard InChI is InChI=1S/C14H19BrFN/c1-17-12(8-10-4-2-5-10)9-11-6-3-7-13(16)14(11)15/h3,6-7,10,12,17H,2,4-5,8-9H2,1H3. The summed E-state index contributed by atoms with van der Waals surface area (Å²) in [4.78, 5) is 0. The van der Waals surface area contributed by atoms with Gasteiger partial charge in [0.15, 0.2) is 0 Å². The van der Waals surface area contributed by atoms with Crippen molar-refractivity contribution in [2.75, 3.05) is 7.05 Å². The van der Waals surface area contributed by atoms with Gasteiger partial charge < -0.3 is 5.32 Å². The van der Waals surface area contributed by atoms with Gasteiger partial charge in [0.2, 0.25) is 0 Å². The lowest BCUT2D eigenvalue weighted by Gasteiger charge is -2.29. The Morgan fingerprint density at radius 3 is 2.82 bits per heavy atom. The van der Waals surface area contributed by atoms with Crippen molar-refractivity contribution >= 4 is 15.9 Å². The average molecular weight is 300 g/mol. The molecule has 1 aromatic carbocycles. The molecule has 0 aliphatic heterocycles. The number of nitrogens with one attached hydrogen (secondary N) is 1. The summed E-state index contributed by atoms with van der Waals surface area (Å²) in [5, 5.41) is 3.35. The van der Waals surface area contributed by atoms with Crippen LogP contribution in [0.2, 0.25) is 0 Å². The highest BCUT2D eigenvalue weighted by Crippen LogP contribution is 2.31. The molecule has 1 aromatic rings. The van der Waals surface area contributed by atoms with Crippen LogP contribution < -0.4 is 5.32 Å². The fourth-order valence-corrected chi connectivity index (χ4v) is 2.83. The average Bonchev–Trinajstić information content (AvgIpc) is 2.27. The molecule has 1 unspecified atom stereocenters. The smallest absolute Gasteiger partial charge is 0.137 e. The third kappa shape index (κ3) is 3.29. The van der Waals surface area contributed by atoms with E-state index in [9.17, 15) is 4.39 Å². The van der Waals surface area contributed by atoms with Crippen molar-refractivity contribution in [3.63, 3.8) is 0 Å². The van der Waals surface area contributed by atoms with Crippen LogP contribution in [0.1, 0.15) is 31.2 Å². The van der Waals surface area contributed by atoms with Gasteiger partial charge in [-0.05, 0) is 53.4 Å². The van der Waals surface area contributed by atoms with Crippen molar-refractivity contribution < 1.29 is 4.39 Å². The van der Waals surface area contributed by atoms with Gasteiger partial charge >= 0.3 is 0 Å². The monoisotopic (exact) mass is 299 g/mol. The number of halogens is 2. The first-order chi connectivity index (χ1) is 8.20. The van der Waals surface area contributed by atoms with E-state index in [-0.39, 0.29) is 5.82 Å². The van der Waals surface area contributed by atoms with E-state index in [0.29, 0.717) is 10.5 Å². The predicted molar refractivity (Wildman–Crippen MR) is 72.6 cm³/mol. The van der Waals surface area contributed by atoms with Crippen LogP contribution in [0.25, 0.3) is 0 Å². The van der Waals surface area contributed by atoms with Gasteiger partial charge in [-0.15, -0.1) is 0 Å². The minimum Gasteiger partial charge on any atom is -0.317 e. The van der Waals surface area contributed by atoms with E-state index in [1.165, 1.54) is 31.7 Å². The van der Waals surface area contributed by atoms with Gasteiger partial charge in [-0.1, -0.05) is 31.4 Å². The third-order valence-corrected chi connectivity index (χ3v) is 4.64. The van der Waals surface area contributed by atoms with Crippen molar-refractivity contribution in [2.45, 2.75) is 38.1 Å². The Labute approximate surface area is 111 Å². The van der Waals surface area contributed by atoms with Crippen molar-refractivity contribution in [3.05, 3.63) is 34.1 Å². The summed E-state index contributed by atoms with van der Waals surface area (Å²) in [7, 11) is 2.00. The minimum absolute atomic E-state index is 0.166. The van der Waals surface area contributed by atoms with Crippen LogP contribution in [0.4, 0.5) is 4.39 Å².